The molecule has 0 saturated heterocycles. The molecule has 0 fully saturated rings. The van der Waals surface area contributed by atoms with Gasteiger partial charge in [0.15, 0.2) is 11.5 Å². The maximum atomic E-state index is 5.70. The van der Waals surface area contributed by atoms with Gasteiger partial charge in [0, 0.05) is 6.54 Å². The van der Waals surface area contributed by atoms with Crippen molar-refractivity contribution in [3.05, 3.63) is 23.8 Å². The highest BCUT2D eigenvalue weighted by molar-refractivity contribution is 5.42. The number of ether oxygens (including phenoxy) is 2. The molecule has 1 aromatic rings. The van der Waals surface area contributed by atoms with Crippen molar-refractivity contribution in [2.75, 3.05) is 26.8 Å². The summed E-state index contributed by atoms with van der Waals surface area (Å²) in [7, 11) is 1.67. The molecule has 0 unspecified atom stereocenters. The summed E-state index contributed by atoms with van der Waals surface area (Å²) in [5.41, 5.74) is 1.18. The molecule has 0 aliphatic heterocycles. The fraction of sp³-hybridized carbons (Fsp3) is 0.600. The van der Waals surface area contributed by atoms with Gasteiger partial charge in [0.25, 0.3) is 0 Å². The fourth-order valence-corrected chi connectivity index (χ4v) is 1.75. The molecular weight excluding hydrogens is 226 g/mol. The van der Waals surface area contributed by atoms with Crippen LogP contribution in [0, 0.1) is 6.92 Å². The lowest BCUT2D eigenvalue weighted by molar-refractivity contribution is 0.292. The van der Waals surface area contributed by atoms with E-state index >= 15 is 0 Å². The zero-order valence-electron chi connectivity index (χ0n) is 11.8. The van der Waals surface area contributed by atoms with E-state index in [1.807, 2.05) is 25.1 Å². The third kappa shape index (κ3) is 5.41. The number of hydrogen-bond acceptors (Lipinski definition) is 3. The Kier molecular flexibility index (Phi) is 7.26. The first-order valence-electron chi connectivity index (χ1n) is 6.76. The monoisotopic (exact) mass is 251 g/mol. The molecule has 18 heavy (non-hydrogen) atoms. The minimum atomic E-state index is 0.672. The Morgan fingerprint density at radius 2 is 1.94 bits per heavy atom. The lowest BCUT2D eigenvalue weighted by atomic mass is 10.2. The van der Waals surface area contributed by atoms with Crippen molar-refractivity contribution >= 4 is 0 Å². The molecular formula is C15H25NO2. The van der Waals surface area contributed by atoms with Crippen LogP contribution in [-0.2, 0) is 0 Å². The zero-order valence-corrected chi connectivity index (χ0v) is 11.8. The topological polar surface area (TPSA) is 30.5 Å². The van der Waals surface area contributed by atoms with E-state index in [0.717, 1.165) is 24.6 Å². The molecule has 0 spiro atoms. The predicted molar refractivity (Wildman–Crippen MR) is 75.6 cm³/mol. The minimum Gasteiger partial charge on any atom is -0.493 e. The molecule has 0 atom stereocenters. The predicted octanol–water partition coefficient (Wildman–Crippen LogP) is 3.16. The molecule has 0 aliphatic carbocycles. The smallest absolute Gasteiger partial charge is 0.161 e. The van der Waals surface area contributed by atoms with Crippen LogP contribution < -0.4 is 14.8 Å². The van der Waals surface area contributed by atoms with E-state index in [1.54, 1.807) is 7.11 Å². The van der Waals surface area contributed by atoms with Gasteiger partial charge in [0.2, 0.25) is 0 Å². The number of methoxy groups -OCH3 is 1. The van der Waals surface area contributed by atoms with Gasteiger partial charge in [-0.05, 0) is 37.6 Å². The second kappa shape index (κ2) is 8.81. The first-order valence-corrected chi connectivity index (χ1v) is 6.76. The Balaban J connectivity index is 2.22. The molecule has 3 nitrogen and oxygen atoms in total. The molecule has 0 bridgehead atoms. The zero-order chi connectivity index (χ0) is 13.2. The van der Waals surface area contributed by atoms with Crippen LogP contribution in [0.1, 0.15) is 31.7 Å². The van der Waals surface area contributed by atoms with Crippen LogP contribution >= 0.6 is 0 Å². The molecule has 0 radical (unpaired) electrons. The lowest BCUT2D eigenvalue weighted by Gasteiger charge is -2.11. The number of aryl methyl sites for hydroxylation is 1. The summed E-state index contributed by atoms with van der Waals surface area (Å²) in [6.07, 6.45) is 3.79. The van der Waals surface area contributed by atoms with Crippen molar-refractivity contribution in [1.29, 1.82) is 0 Å². The van der Waals surface area contributed by atoms with E-state index in [0.29, 0.717) is 6.61 Å². The maximum absolute atomic E-state index is 5.70. The molecule has 1 rings (SSSR count). The number of hydrogen-bond donors (Lipinski definition) is 1. The van der Waals surface area contributed by atoms with Gasteiger partial charge < -0.3 is 14.8 Å². The Bertz CT molecular complexity index is 339. The SMILES string of the molecule is CCCCCNCCOc1ccc(C)cc1OC. The van der Waals surface area contributed by atoms with E-state index in [2.05, 4.69) is 12.2 Å². The van der Waals surface area contributed by atoms with Gasteiger partial charge in [0.1, 0.15) is 6.61 Å². The van der Waals surface area contributed by atoms with Gasteiger partial charge in [0.05, 0.1) is 7.11 Å². The van der Waals surface area contributed by atoms with Crippen LogP contribution in [-0.4, -0.2) is 26.8 Å². The van der Waals surface area contributed by atoms with Gasteiger partial charge in [-0.3, -0.25) is 0 Å². The van der Waals surface area contributed by atoms with Crippen molar-refractivity contribution in [2.24, 2.45) is 0 Å². The van der Waals surface area contributed by atoms with Crippen LogP contribution in [0.5, 0.6) is 11.5 Å². The fourth-order valence-electron chi connectivity index (χ4n) is 1.75. The van der Waals surface area contributed by atoms with Crippen LogP contribution in [0.3, 0.4) is 0 Å². The van der Waals surface area contributed by atoms with Gasteiger partial charge >= 0.3 is 0 Å². The number of benzene rings is 1. The number of rotatable bonds is 9. The molecule has 0 heterocycles. The van der Waals surface area contributed by atoms with Crippen LogP contribution in [0.15, 0.2) is 18.2 Å². The van der Waals surface area contributed by atoms with Gasteiger partial charge in [-0.2, -0.15) is 0 Å². The Morgan fingerprint density at radius 3 is 2.67 bits per heavy atom. The lowest BCUT2D eigenvalue weighted by Crippen LogP contribution is -2.22. The summed E-state index contributed by atoms with van der Waals surface area (Å²) < 4.78 is 11.0. The van der Waals surface area contributed by atoms with Crippen molar-refractivity contribution in [1.82, 2.24) is 5.32 Å². The summed E-state index contributed by atoms with van der Waals surface area (Å²) in [5, 5.41) is 3.37. The molecule has 0 saturated carbocycles. The highest BCUT2D eigenvalue weighted by Crippen LogP contribution is 2.27. The summed E-state index contributed by atoms with van der Waals surface area (Å²) in [4.78, 5) is 0. The van der Waals surface area contributed by atoms with Crippen molar-refractivity contribution in [3.8, 4) is 11.5 Å². The second-order valence-corrected chi connectivity index (χ2v) is 4.46. The largest absolute Gasteiger partial charge is 0.493 e. The van der Waals surface area contributed by atoms with Gasteiger partial charge in [-0.25, -0.2) is 0 Å². The summed E-state index contributed by atoms with van der Waals surface area (Å²) >= 11 is 0. The quantitative estimate of drug-likeness (QED) is 0.684. The normalized spacial score (nSPS) is 10.4. The maximum Gasteiger partial charge on any atom is 0.161 e. The number of nitrogens with one attached hydrogen (secondary N) is 1. The average molecular weight is 251 g/mol. The average Bonchev–Trinajstić information content (AvgIpc) is 2.39. The Morgan fingerprint density at radius 1 is 1.11 bits per heavy atom. The molecule has 3 heteroatoms. The highest BCUT2D eigenvalue weighted by atomic mass is 16.5. The molecule has 1 aromatic carbocycles. The summed E-state index contributed by atoms with van der Waals surface area (Å²) in [5.74, 6) is 1.62. The van der Waals surface area contributed by atoms with E-state index in [1.165, 1.54) is 24.8 Å². The van der Waals surface area contributed by atoms with Gasteiger partial charge in [-0.1, -0.05) is 25.8 Å². The first kappa shape index (κ1) is 14.8. The molecule has 0 aliphatic rings. The van der Waals surface area contributed by atoms with Crippen molar-refractivity contribution in [2.45, 2.75) is 33.1 Å². The molecule has 1 N–H and O–H groups in total. The molecule has 102 valence electrons. The van der Waals surface area contributed by atoms with Crippen LogP contribution in [0.2, 0.25) is 0 Å². The van der Waals surface area contributed by atoms with Crippen molar-refractivity contribution in [3.63, 3.8) is 0 Å². The third-order valence-electron chi connectivity index (χ3n) is 2.81. The first-order chi connectivity index (χ1) is 8.77. The Hall–Kier alpha value is -1.22. The second-order valence-electron chi connectivity index (χ2n) is 4.46. The van der Waals surface area contributed by atoms with E-state index in [4.69, 9.17) is 9.47 Å². The molecule has 0 aromatic heterocycles. The minimum absolute atomic E-state index is 0.672. The van der Waals surface area contributed by atoms with E-state index in [9.17, 15) is 0 Å². The van der Waals surface area contributed by atoms with Gasteiger partial charge in [-0.15, -0.1) is 0 Å². The Labute approximate surface area is 110 Å². The van der Waals surface area contributed by atoms with E-state index < -0.39 is 0 Å². The van der Waals surface area contributed by atoms with Crippen LogP contribution in [0.4, 0.5) is 0 Å². The summed E-state index contributed by atoms with van der Waals surface area (Å²) in [6.45, 7) is 6.88. The number of unbranched alkanes of at least 4 members (excludes halogenated alkanes) is 2. The summed E-state index contributed by atoms with van der Waals surface area (Å²) in [6, 6.07) is 5.99. The standard InChI is InChI=1S/C15H25NO2/c1-4-5-6-9-16-10-11-18-14-8-7-13(2)12-15(14)17-3/h7-8,12,16H,4-6,9-11H2,1-3H3. The highest BCUT2D eigenvalue weighted by Gasteiger charge is 2.03. The third-order valence-corrected chi connectivity index (χ3v) is 2.81. The molecule has 0 amide bonds. The van der Waals surface area contributed by atoms with Crippen LogP contribution in [0.25, 0.3) is 0 Å². The van der Waals surface area contributed by atoms with Crippen molar-refractivity contribution < 1.29 is 9.47 Å². The van der Waals surface area contributed by atoms with E-state index in [-0.39, 0.29) is 0 Å².